The van der Waals surface area contributed by atoms with E-state index in [9.17, 15) is 9.59 Å². The highest BCUT2D eigenvalue weighted by atomic mass is 28.5. The summed E-state index contributed by atoms with van der Waals surface area (Å²) in [5.74, 6) is -0.909. The van der Waals surface area contributed by atoms with Crippen molar-refractivity contribution >= 4 is 45.9 Å². The van der Waals surface area contributed by atoms with E-state index in [1.54, 1.807) is 26.8 Å². The Bertz CT molecular complexity index is 967. The number of ether oxygens (including phenoxy) is 2. The van der Waals surface area contributed by atoms with Crippen LogP contribution in [0.15, 0.2) is 67.3 Å². The van der Waals surface area contributed by atoms with Crippen molar-refractivity contribution in [3.05, 3.63) is 72.9 Å². The molecule has 40 heavy (non-hydrogen) atoms. The Morgan fingerprint density at radius 2 is 1.10 bits per heavy atom. The van der Waals surface area contributed by atoms with E-state index in [1.807, 2.05) is 30.3 Å². The third-order valence-corrected chi connectivity index (χ3v) is 15.1. The van der Waals surface area contributed by atoms with Gasteiger partial charge in [0.05, 0.1) is 0 Å². The van der Waals surface area contributed by atoms with Crippen molar-refractivity contribution in [3.8, 4) is 0 Å². The number of carbonyl (C=O) groups excluding carboxylic acids is 2. The second kappa shape index (κ2) is 15.9. The van der Waals surface area contributed by atoms with Crippen LogP contribution in [0.3, 0.4) is 0 Å². The van der Waals surface area contributed by atoms with E-state index < -0.39 is 58.3 Å². The molecule has 0 aliphatic rings. The van der Waals surface area contributed by atoms with Gasteiger partial charge in [0.15, 0.2) is 31.2 Å². The van der Waals surface area contributed by atoms with Gasteiger partial charge in [-0.05, 0) is 91.3 Å². The first kappa shape index (κ1) is 38.1. The van der Waals surface area contributed by atoms with E-state index in [4.69, 9.17) is 26.2 Å². The zero-order chi connectivity index (χ0) is 31.5. The number of hydrogen-bond donors (Lipinski definition) is 0. The lowest BCUT2D eigenvalue weighted by Crippen LogP contribution is -2.63. The highest BCUT2D eigenvalue weighted by Gasteiger charge is 2.55. The monoisotopic (exact) mass is 626 g/mol. The third-order valence-electron chi connectivity index (χ3n) is 4.15. The second-order valence-corrected chi connectivity index (χ2v) is 28.6. The highest BCUT2D eigenvalue weighted by Crippen LogP contribution is 2.28. The summed E-state index contributed by atoms with van der Waals surface area (Å²) in [4.78, 5) is 23.1. The SMILES string of the molecule is C=C(C)C(=O)OC(C)O[Si](O[Si](C)(C)C)(O[Si](C)(C)C)O[Si](C)(C)C.C=CC(OC(=O)C(=C)C)c1ccccc1. The maximum absolute atomic E-state index is 11.8. The molecule has 0 amide bonds. The summed E-state index contributed by atoms with van der Waals surface area (Å²) in [6.45, 7) is 34.2. The topological polar surface area (TPSA) is 89.5 Å². The average molecular weight is 627 g/mol. The van der Waals surface area contributed by atoms with Gasteiger partial charge in [-0.2, -0.15) is 0 Å². The first-order chi connectivity index (χ1) is 18.0. The molecule has 1 aromatic carbocycles. The van der Waals surface area contributed by atoms with Crippen LogP contribution in [0.25, 0.3) is 0 Å². The number of hydrogen-bond acceptors (Lipinski definition) is 8. The molecule has 2 unspecified atom stereocenters. The summed E-state index contributed by atoms with van der Waals surface area (Å²) in [6.07, 6.45) is 0.339. The van der Waals surface area contributed by atoms with Crippen LogP contribution in [0.2, 0.25) is 58.9 Å². The number of esters is 2. The van der Waals surface area contributed by atoms with Crippen LogP contribution < -0.4 is 0 Å². The van der Waals surface area contributed by atoms with E-state index in [0.29, 0.717) is 11.1 Å². The Balaban J connectivity index is 0.000000858. The second-order valence-electron chi connectivity index (χ2n) is 12.3. The maximum atomic E-state index is 11.8. The van der Waals surface area contributed by atoms with Crippen molar-refractivity contribution in [1.82, 2.24) is 0 Å². The molecule has 12 heteroatoms. The molecule has 0 saturated carbocycles. The molecule has 0 saturated heterocycles. The van der Waals surface area contributed by atoms with Crippen LogP contribution >= 0.6 is 0 Å². The largest absolute Gasteiger partial charge is 0.650 e. The Hall–Kier alpha value is -1.91. The summed E-state index contributed by atoms with van der Waals surface area (Å²) >= 11 is 0. The summed E-state index contributed by atoms with van der Waals surface area (Å²) in [5.41, 5.74) is 1.60. The predicted molar refractivity (Wildman–Crippen MR) is 171 cm³/mol. The van der Waals surface area contributed by atoms with Gasteiger partial charge in [0, 0.05) is 11.1 Å². The third kappa shape index (κ3) is 17.0. The molecule has 0 fully saturated rings. The Kier molecular flexibility index (Phi) is 15.2. The lowest BCUT2D eigenvalue weighted by Gasteiger charge is -2.41. The quantitative estimate of drug-likeness (QED) is 0.0690. The minimum absolute atomic E-state index is 0.311. The molecule has 0 aliphatic carbocycles. The fourth-order valence-electron chi connectivity index (χ4n) is 2.85. The lowest BCUT2D eigenvalue weighted by molar-refractivity contribution is -0.163. The molecule has 1 rings (SSSR count). The molecule has 2 atom stereocenters. The predicted octanol–water partition coefficient (Wildman–Crippen LogP) is 7.49. The van der Waals surface area contributed by atoms with Gasteiger partial charge in [-0.25, -0.2) is 9.59 Å². The van der Waals surface area contributed by atoms with E-state index in [-0.39, 0.29) is 0 Å². The van der Waals surface area contributed by atoms with Gasteiger partial charge >= 0.3 is 21.0 Å². The van der Waals surface area contributed by atoms with Gasteiger partial charge in [0.2, 0.25) is 0 Å². The van der Waals surface area contributed by atoms with E-state index in [2.05, 4.69) is 78.7 Å². The number of carbonyl (C=O) groups is 2. The molecule has 0 N–H and O–H groups in total. The van der Waals surface area contributed by atoms with Crippen molar-refractivity contribution in [2.45, 2.75) is 92.1 Å². The van der Waals surface area contributed by atoms with Crippen molar-refractivity contribution < 1.29 is 35.8 Å². The minimum atomic E-state index is -3.49. The number of rotatable bonds is 14. The van der Waals surface area contributed by atoms with Crippen LogP contribution in [0.1, 0.15) is 32.4 Å². The van der Waals surface area contributed by atoms with E-state index in [0.717, 1.165) is 5.56 Å². The smallest absolute Gasteiger partial charge is 0.450 e. The molecular weight excluding hydrogens is 577 g/mol. The van der Waals surface area contributed by atoms with E-state index in [1.165, 1.54) is 0 Å². The van der Waals surface area contributed by atoms with Gasteiger partial charge in [0.25, 0.3) is 0 Å². The summed E-state index contributed by atoms with van der Waals surface area (Å²) in [6, 6.07) is 9.46. The van der Waals surface area contributed by atoms with Crippen molar-refractivity contribution in [3.63, 3.8) is 0 Å². The van der Waals surface area contributed by atoms with Gasteiger partial charge in [-0.3, -0.25) is 0 Å². The molecule has 0 aromatic heterocycles. The Labute approximate surface area is 246 Å². The first-order valence-electron chi connectivity index (χ1n) is 13.2. The molecule has 0 aliphatic heterocycles. The van der Waals surface area contributed by atoms with Crippen molar-refractivity contribution in [1.29, 1.82) is 0 Å². The molecule has 8 nitrogen and oxygen atoms in total. The summed E-state index contributed by atoms with van der Waals surface area (Å²) < 4.78 is 35.6. The molecular formula is C28H50O8Si4. The van der Waals surface area contributed by atoms with Gasteiger partial charge in [-0.15, -0.1) is 0 Å². The fourth-order valence-corrected chi connectivity index (χ4v) is 14.5. The van der Waals surface area contributed by atoms with Crippen molar-refractivity contribution in [2.24, 2.45) is 0 Å². The maximum Gasteiger partial charge on any atom is 0.650 e. The summed E-state index contributed by atoms with van der Waals surface area (Å²) in [5, 5.41) is 0. The molecule has 0 spiro atoms. The minimum Gasteiger partial charge on any atom is -0.450 e. The Morgan fingerprint density at radius 1 is 0.725 bits per heavy atom. The van der Waals surface area contributed by atoms with Crippen LogP contribution in [0.4, 0.5) is 0 Å². The standard InChI is InChI=1S/C15H36O6Si4.C13H14O2/c1-13(2)15(16)17-14(3)18-25(19-22(4,5)6,20-23(7,8)9)21-24(10,11)12;1-4-12(15-13(14)10(2)3)11-8-6-5-7-9-11/h14H,1H2,2-12H3;4-9,12H,1-2H2,3H3. The van der Waals surface area contributed by atoms with Gasteiger partial charge in [0.1, 0.15) is 6.10 Å². The van der Waals surface area contributed by atoms with Crippen LogP contribution in [-0.2, 0) is 35.8 Å². The first-order valence-corrected chi connectivity index (χ1v) is 25.0. The van der Waals surface area contributed by atoms with Gasteiger partial charge < -0.3 is 26.2 Å². The molecule has 0 radical (unpaired) electrons. The van der Waals surface area contributed by atoms with Crippen LogP contribution in [0, 0.1) is 0 Å². The zero-order valence-electron chi connectivity index (χ0n) is 26.5. The van der Waals surface area contributed by atoms with Crippen LogP contribution in [-0.4, -0.2) is 52.2 Å². The lowest BCUT2D eigenvalue weighted by atomic mass is 10.1. The number of benzene rings is 1. The Morgan fingerprint density at radius 3 is 1.43 bits per heavy atom. The highest BCUT2D eigenvalue weighted by molar-refractivity contribution is 6.87. The fraction of sp³-hybridized carbons (Fsp3) is 0.500. The molecule has 1 aromatic rings. The summed E-state index contributed by atoms with van der Waals surface area (Å²) in [7, 11) is -9.63. The zero-order valence-corrected chi connectivity index (χ0v) is 30.5. The van der Waals surface area contributed by atoms with Crippen molar-refractivity contribution in [2.75, 3.05) is 0 Å². The molecule has 0 heterocycles. The van der Waals surface area contributed by atoms with E-state index >= 15 is 0 Å². The average Bonchev–Trinajstić information content (AvgIpc) is 2.73. The molecule has 226 valence electrons. The van der Waals surface area contributed by atoms with Crippen LogP contribution in [0.5, 0.6) is 0 Å². The normalized spacial score (nSPS) is 13.7. The molecule has 0 bridgehead atoms. The van der Waals surface area contributed by atoms with Gasteiger partial charge in [-0.1, -0.05) is 50.1 Å².